The van der Waals surface area contributed by atoms with Crippen molar-refractivity contribution < 1.29 is 19.2 Å². The number of aromatic nitrogens is 1. The van der Waals surface area contributed by atoms with E-state index in [4.69, 9.17) is 9.63 Å². The van der Waals surface area contributed by atoms with Gasteiger partial charge in [0.1, 0.15) is 17.4 Å². The molecule has 1 unspecified atom stereocenters. The zero-order chi connectivity index (χ0) is 13.3. The molecule has 1 N–H and O–H groups in total. The van der Waals surface area contributed by atoms with Gasteiger partial charge in [-0.05, 0) is 13.8 Å². The molecule has 98 valence electrons. The molecule has 1 aliphatic rings. The fourth-order valence-electron chi connectivity index (χ4n) is 1.98. The van der Waals surface area contributed by atoms with E-state index < -0.39 is 12.0 Å². The normalized spacial score (nSPS) is 19.9. The number of hydrogen-bond donors (Lipinski definition) is 1. The standard InChI is InChI=1S/C11H14N2O4S/c1-6-9(7(2)17-12-6)10(14)13-3-4-18-5-8(13)11(15)16/h8H,3-5H2,1-2H3,(H,15,16). The van der Waals surface area contributed by atoms with Crippen LogP contribution in [0.1, 0.15) is 21.8 Å². The summed E-state index contributed by atoms with van der Waals surface area (Å²) in [6.07, 6.45) is 0. The van der Waals surface area contributed by atoms with Crippen molar-refractivity contribution in [2.75, 3.05) is 18.1 Å². The summed E-state index contributed by atoms with van der Waals surface area (Å²) in [6, 6.07) is -0.773. The Morgan fingerprint density at radius 3 is 2.78 bits per heavy atom. The van der Waals surface area contributed by atoms with Crippen LogP contribution in [-0.4, -0.2) is 51.1 Å². The van der Waals surface area contributed by atoms with E-state index in [1.54, 1.807) is 25.6 Å². The highest BCUT2D eigenvalue weighted by Gasteiger charge is 2.35. The molecule has 0 aromatic carbocycles. The van der Waals surface area contributed by atoms with Crippen molar-refractivity contribution in [1.29, 1.82) is 0 Å². The first kappa shape index (κ1) is 12.9. The number of carboxylic acids is 1. The molecular formula is C11H14N2O4S. The molecule has 1 aromatic heterocycles. The van der Waals surface area contributed by atoms with E-state index in [1.165, 1.54) is 4.90 Å². The molecule has 1 atom stereocenters. The van der Waals surface area contributed by atoms with Crippen LogP contribution in [0.25, 0.3) is 0 Å². The Hall–Kier alpha value is -1.50. The molecule has 1 aromatic rings. The van der Waals surface area contributed by atoms with Crippen molar-refractivity contribution >= 4 is 23.6 Å². The summed E-state index contributed by atoms with van der Waals surface area (Å²) in [4.78, 5) is 24.9. The lowest BCUT2D eigenvalue weighted by Crippen LogP contribution is -2.50. The number of carbonyl (C=O) groups excluding carboxylic acids is 1. The molecule has 1 fully saturated rings. The van der Waals surface area contributed by atoms with E-state index in [2.05, 4.69) is 5.16 Å². The lowest BCUT2D eigenvalue weighted by atomic mass is 10.1. The fourth-order valence-corrected chi connectivity index (χ4v) is 3.02. The van der Waals surface area contributed by atoms with Gasteiger partial charge < -0.3 is 14.5 Å². The fraction of sp³-hybridized carbons (Fsp3) is 0.545. The number of hydrogen-bond acceptors (Lipinski definition) is 5. The smallest absolute Gasteiger partial charge is 0.327 e. The highest BCUT2D eigenvalue weighted by molar-refractivity contribution is 7.99. The van der Waals surface area contributed by atoms with Gasteiger partial charge >= 0.3 is 5.97 Å². The van der Waals surface area contributed by atoms with Crippen LogP contribution in [0.5, 0.6) is 0 Å². The Kier molecular flexibility index (Phi) is 3.60. The van der Waals surface area contributed by atoms with E-state index >= 15 is 0 Å². The second kappa shape index (κ2) is 5.01. The third-order valence-electron chi connectivity index (χ3n) is 2.92. The van der Waals surface area contributed by atoms with Crippen molar-refractivity contribution in [2.45, 2.75) is 19.9 Å². The molecule has 0 radical (unpaired) electrons. The minimum absolute atomic E-state index is 0.307. The van der Waals surface area contributed by atoms with Gasteiger partial charge in [-0.25, -0.2) is 4.79 Å². The van der Waals surface area contributed by atoms with Gasteiger partial charge in [0.2, 0.25) is 0 Å². The number of aliphatic carboxylic acids is 1. The van der Waals surface area contributed by atoms with Gasteiger partial charge in [-0.1, -0.05) is 5.16 Å². The summed E-state index contributed by atoms with van der Waals surface area (Å²) in [7, 11) is 0. The number of carboxylic acid groups (broad SMARTS) is 1. The summed E-state index contributed by atoms with van der Waals surface area (Å²) in [6.45, 7) is 3.77. The Labute approximate surface area is 108 Å². The third kappa shape index (κ3) is 2.22. The predicted octanol–water partition coefficient (Wildman–Crippen LogP) is 0.934. The van der Waals surface area contributed by atoms with Gasteiger partial charge in [-0.2, -0.15) is 11.8 Å². The van der Waals surface area contributed by atoms with Crippen LogP contribution in [0, 0.1) is 13.8 Å². The second-order valence-corrected chi connectivity index (χ2v) is 5.28. The summed E-state index contributed by atoms with van der Waals surface area (Å²) in [5.41, 5.74) is 0.882. The number of carbonyl (C=O) groups is 2. The van der Waals surface area contributed by atoms with Crippen molar-refractivity contribution in [3.63, 3.8) is 0 Å². The monoisotopic (exact) mass is 270 g/mol. The average Bonchev–Trinajstić information content (AvgIpc) is 2.68. The number of thioether (sulfide) groups is 1. The van der Waals surface area contributed by atoms with Gasteiger partial charge in [0.15, 0.2) is 0 Å². The molecule has 0 spiro atoms. The zero-order valence-electron chi connectivity index (χ0n) is 10.2. The van der Waals surface area contributed by atoms with Crippen LogP contribution in [0.3, 0.4) is 0 Å². The minimum Gasteiger partial charge on any atom is -0.480 e. The maximum absolute atomic E-state index is 12.4. The van der Waals surface area contributed by atoms with Gasteiger partial charge in [0.25, 0.3) is 5.91 Å². The van der Waals surface area contributed by atoms with Crippen LogP contribution < -0.4 is 0 Å². The number of aryl methyl sites for hydroxylation is 2. The maximum Gasteiger partial charge on any atom is 0.327 e. The molecule has 2 heterocycles. The van der Waals surface area contributed by atoms with Crippen molar-refractivity contribution in [3.05, 3.63) is 17.0 Å². The van der Waals surface area contributed by atoms with E-state index in [-0.39, 0.29) is 5.91 Å². The summed E-state index contributed by atoms with van der Waals surface area (Å²) < 4.78 is 4.95. The average molecular weight is 270 g/mol. The minimum atomic E-state index is -0.970. The van der Waals surface area contributed by atoms with Gasteiger partial charge in [0, 0.05) is 18.1 Å². The van der Waals surface area contributed by atoms with Crippen LogP contribution in [0.15, 0.2) is 4.52 Å². The van der Waals surface area contributed by atoms with Crippen molar-refractivity contribution in [2.24, 2.45) is 0 Å². The lowest BCUT2D eigenvalue weighted by molar-refractivity contribution is -0.141. The zero-order valence-corrected chi connectivity index (χ0v) is 11.0. The first-order chi connectivity index (χ1) is 8.52. The van der Waals surface area contributed by atoms with Gasteiger partial charge in [-0.3, -0.25) is 4.79 Å². The van der Waals surface area contributed by atoms with E-state index in [9.17, 15) is 9.59 Å². The Morgan fingerprint density at radius 1 is 1.50 bits per heavy atom. The molecule has 0 bridgehead atoms. The highest BCUT2D eigenvalue weighted by atomic mass is 32.2. The SMILES string of the molecule is Cc1noc(C)c1C(=O)N1CCSCC1C(=O)O. The van der Waals surface area contributed by atoms with Gasteiger partial charge in [0.05, 0.1) is 5.69 Å². The Balaban J connectivity index is 2.29. The molecule has 6 nitrogen and oxygen atoms in total. The molecule has 18 heavy (non-hydrogen) atoms. The molecule has 1 amide bonds. The number of amides is 1. The highest BCUT2D eigenvalue weighted by Crippen LogP contribution is 2.22. The van der Waals surface area contributed by atoms with E-state index in [0.717, 1.165) is 5.75 Å². The Morgan fingerprint density at radius 2 is 2.22 bits per heavy atom. The summed E-state index contributed by atoms with van der Waals surface area (Å²) in [5.74, 6) is 0.324. The van der Waals surface area contributed by atoms with Crippen LogP contribution >= 0.6 is 11.8 Å². The maximum atomic E-state index is 12.4. The van der Waals surface area contributed by atoms with Crippen LogP contribution in [0.4, 0.5) is 0 Å². The number of rotatable bonds is 2. The van der Waals surface area contributed by atoms with Crippen molar-refractivity contribution in [3.8, 4) is 0 Å². The van der Waals surface area contributed by atoms with E-state index in [0.29, 0.717) is 29.3 Å². The molecule has 0 aliphatic carbocycles. The first-order valence-electron chi connectivity index (χ1n) is 5.56. The molecule has 1 saturated heterocycles. The number of nitrogens with zero attached hydrogens (tertiary/aromatic N) is 2. The topological polar surface area (TPSA) is 83.6 Å². The predicted molar refractivity (Wildman–Crippen MR) is 65.8 cm³/mol. The van der Waals surface area contributed by atoms with Gasteiger partial charge in [-0.15, -0.1) is 0 Å². The first-order valence-corrected chi connectivity index (χ1v) is 6.72. The Bertz CT molecular complexity index is 466. The van der Waals surface area contributed by atoms with Crippen LogP contribution in [-0.2, 0) is 4.79 Å². The largest absolute Gasteiger partial charge is 0.480 e. The quantitative estimate of drug-likeness (QED) is 0.860. The molecular weight excluding hydrogens is 256 g/mol. The second-order valence-electron chi connectivity index (χ2n) is 4.13. The van der Waals surface area contributed by atoms with Crippen molar-refractivity contribution in [1.82, 2.24) is 10.1 Å². The van der Waals surface area contributed by atoms with E-state index in [1.807, 2.05) is 0 Å². The summed E-state index contributed by atoms with van der Waals surface area (Å²) >= 11 is 1.54. The lowest BCUT2D eigenvalue weighted by Gasteiger charge is -2.32. The third-order valence-corrected chi connectivity index (χ3v) is 3.94. The van der Waals surface area contributed by atoms with Crippen LogP contribution in [0.2, 0.25) is 0 Å². The molecule has 1 aliphatic heterocycles. The molecule has 0 saturated carbocycles. The molecule has 7 heteroatoms. The molecule has 2 rings (SSSR count). The summed E-state index contributed by atoms with van der Waals surface area (Å²) in [5, 5.41) is 12.9.